The molecule has 0 atom stereocenters. The molecule has 0 unspecified atom stereocenters. The first-order chi connectivity index (χ1) is 12.5. The number of aliphatic imine (C=N–C) groups is 1. The van der Waals surface area contributed by atoms with Crippen LogP contribution in [0.3, 0.4) is 0 Å². The number of nitrogens with two attached hydrogens (primary N) is 1. The molecule has 9 heteroatoms. The molecule has 4 N–H and O–H groups in total. The Labute approximate surface area is 157 Å². The van der Waals surface area contributed by atoms with Crippen molar-refractivity contribution < 1.29 is 22.7 Å². The van der Waals surface area contributed by atoms with Crippen molar-refractivity contribution in [1.82, 2.24) is 10.6 Å². The van der Waals surface area contributed by atoms with E-state index in [-0.39, 0.29) is 6.61 Å². The fourth-order valence-corrected chi connectivity index (χ4v) is 1.93. The molecule has 0 bridgehead atoms. The van der Waals surface area contributed by atoms with Crippen LogP contribution in [-0.2, 0) is 22.7 Å². The van der Waals surface area contributed by atoms with Gasteiger partial charge in [-0.15, -0.1) is 0 Å². The van der Waals surface area contributed by atoms with Gasteiger partial charge in [0, 0.05) is 13.1 Å². The van der Waals surface area contributed by atoms with Gasteiger partial charge >= 0.3 is 6.18 Å². The van der Waals surface area contributed by atoms with Crippen LogP contribution in [0.2, 0.25) is 0 Å². The third-order valence-electron chi connectivity index (χ3n) is 3.69. The molecule has 0 saturated heterocycles. The number of nitrogens with one attached hydrogen (secondary N) is 2. The van der Waals surface area contributed by atoms with Gasteiger partial charge in [-0.25, -0.2) is 4.99 Å². The summed E-state index contributed by atoms with van der Waals surface area (Å²) in [6.07, 6.45) is -4.33. The first-order valence-electron chi connectivity index (χ1n) is 8.58. The van der Waals surface area contributed by atoms with Crippen molar-refractivity contribution in [3.8, 4) is 0 Å². The highest BCUT2D eigenvalue weighted by Crippen LogP contribution is 2.16. The van der Waals surface area contributed by atoms with Crippen LogP contribution in [-0.4, -0.2) is 37.7 Å². The molecular weight excluding hydrogens is 361 g/mol. The van der Waals surface area contributed by atoms with Crippen LogP contribution in [0.15, 0.2) is 29.3 Å². The number of guanidine groups is 1. The third kappa shape index (κ3) is 9.28. The molecule has 0 saturated carbocycles. The predicted molar refractivity (Wildman–Crippen MR) is 97.9 cm³/mol. The lowest BCUT2D eigenvalue weighted by atomic mass is 9.93. The number of amides is 1. The van der Waals surface area contributed by atoms with Crippen molar-refractivity contribution in [1.29, 1.82) is 0 Å². The van der Waals surface area contributed by atoms with E-state index in [1.807, 2.05) is 6.92 Å². The fraction of sp³-hybridized carbons (Fsp3) is 0.556. The van der Waals surface area contributed by atoms with Crippen molar-refractivity contribution >= 4 is 11.9 Å². The molecule has 1 rings (SSSR count). The van der Waals surface area contributed by atoms with Crippen molar-refractivity contribution in [2.75, 3.05) is 19.7 Å². The Bertz CT molecular complexity index is 628. The van der Waals surface area contributed by atoms with E-state index < -0.39 is 24.1 Å². The quantitative estimate of drug-likeness (QED) is 0.448. The van der Waals surface area contributed by atoms with Gasteiger partial charge in [0.05, 0.1) is 18.6 Å². The molecule has 1 aromatic carbocycles. The summed E-state index contributed by atoms with van der Waals surface area (Å²) < 4.78 is 40.8. The Morgan fingerprint density at radius 2 is 1.74 bits per heavy atom. The van der Waals surface area contributed by atoms with Crippen LogP contribution in [0.1, 0.15) is 31.9 Å². The highest BCUT2D eigenvalue weighted by atomic mass is 19.4. The van der Waals surface area contributed by atoms with Gasteiger partial charge in [-0.3, -0.25) is 4.79 Å². The zero-order valence-electron chi connectivity index (χ0n) is 15.8. The van der Waals surface area contributed by atoms with Crippen LogP contribution in [0.5, 0.6) is 0 Å². The van der Waals surface area contributed by atoms with Crippen molar-refractivity contribution in [2.24, 2.45) is 16.1 Å². The van der Waals surface area contributed by atoms with E-state index in [9.17, 15) is 18.0 Å². The molecule has 0 spiro atoms. The molecule has 0 heterocycles. The monoisotopic (exact) mass is 388 g/mol. The van der Waals surface area contributed by atoms with Gasteiger partial charge < -0.3 is 21.1 Å². The first kappa shape index (κ1) is 22.8. The number of hydrogen-bond acceptors (Lipinski definition) is 3. The zero-order valence-corrected chi connectivity index (χ0v) is 15.8. The van der Waals surface area contributed by atoms with Gasteiger partial charge in [-0.2, -0.15) is 13.2 Å². The Morgan fingerprint density at radius 3 is 2.26 bits per heavy atom. The minimum Gasteiger partial charge on any atom is -0.369 e. The van der Waals surface area contributed by atoms with Gasteiger partial charge in [0.2, 0.25) is 5.91 Å². The largest absolute Gasteiger partial charge is 0.411 e. The summed E-state index contributed by atoms with van der Waals surface area (Å²) in [7, 11) is 0. The molecule has 0 aliphatic heterocycles. The van der Waals surface area contributed by atoms with Crippen LogP contribution in [0.4, 0.5) is 13.2 Å². The highest BCUT2D eigenvalue weighted by Gasteiger charge is 2.27. The summed E-state index contributed by atoms with van der Waals surface area (Å²) in [6.45, 7) is 5.40. The number of hydrogen-bond donors (Lipinski definition) is 3. The van der Waals surface area contributed by atoms with Crippen LogP contribution in [0, 0.1) is 5.41 Å². The number of carbonyl (C=O) groups is 1. The molecule has 0 fully saturated rings. The molecule has 6 nitrogen and oxygen atoms in total. The highest BCUT2D eigenvalue weighted by molar-refractivity contribution is 5.83. The Kier molecular flexibility index (Phi) is 8.55. The second-order valence-corrected chi connectivity index (χ2v) is 6.72. The van der Waals surface area contributed by atoms with Crippen LogP contribution in [0.25, 0.3) is 0 Å². The Morgan fingerprint density at radius 1 is 1.15 bits per heavy atom. The van der Waals surface area contributed by atoms with E-state index in [0.717, 1.165) is 5.56 Å². The van der Waals surface area contributed by atoms with Gasteiger partial charge in [-0.1, -0.05) is 24.3 Å². The number of benzene rings is 1. The molecule has 0 aliphatic rings. The maximum absolute atomic E-state index is 12.1. The molecule has 1 aromatic rings. The van der Waals surface area contributed by atoms with Gasteiger partial charge in [0.15, 0.2) is 5.96 Å². The van der Waals surface area contributed by atoms with Crippen molar-refractivity contribution in [2.45, 2.75) is 40.1 Å². The number of halogens is 3. The van der Waals surface area contributed by atoms with E-state index in [1.54, 1.807) is 38.1 Å². The van der Waals surface area contributed by atoms with Crippen LogP contribution < -0.4 is 16.4 Å². The zero-order chi connectivity index (χ0) is 20.5. The van der Waals surface area contributed by atoms with Crippen molar-refractivity contribution in [3.63, 3.8) is 0 Å². The van der Waals surface area contributed by atoms with E-state index in [4.69, 9.17) is 5.73 Å². The smallest absolute Gasteiger partial charge is 0.369 e. The molecule has 0 radical (unpaired) electrons. The lowest BCUT2D eigenvalue weighted by Crippen LogP contribution is -2.46. The lowest BCUT2D eigenvalue weighted by Gasteiger charge is -2.22. The van der Waals surface area contributed by atoms with Crippen molar-refractivity contribution in [3.05, 3.63) is 35.4 Å². The number of nitrogens with zero attached hydrogens (tertiary/aromatic N) is 1. The predicted octanol–water partition coefficient (Wildman–Crippen LogP) is 2.33. The number of carbonyl (C=O) groups excluding carboxylic acids is 1. The molecule has 0 aliphatic carbocycles. The average Bonchev–Trinajstić information content (AvgIpc) is 2.57. The summed E-state index contributed by atoms with van der Waals surface area (Å²) in [6, 6.07) is 6.98. The number of ether oxygens (including phenoxy) is 1. The second-order valence-electron chi connectivity index (χ2n) is 6.72. The molecule has 0 aromatic heterocycles. The normalized spacial score (nSPS) is 12.7. The summed E-state index contributed by atoms with van der Waals surface area (Å²) >= 11 is 0. The average molecular weight is 388 g/mol. The summed E-state index contributed by atoms with van der Waals surface area (Å²) in [4.78, 5) is 15.8. The topological polar surface area (TPSA) is 88.7 Å². The van der Waals surface area contributed by atoms with Gasteiger partial charge in [-0.05, 0) is 31.9 Å². The molecule has 152 valence electrons. The van der Waals surface area contributed by atoms with E-state index >= 15 is 0 Å². The number of rotatable bonds is 9. The SMILES string of the molecule is CCNC(=NCc1ccc(COCC(F)(F)F)cc1)NCC(C)(C)C(N)=O. The van der Waals surface area contributed by atoms with Gasteiger partial charge in [0.1, 0.15) is 6.61 Å². The molecule has 1 amide bonds. The van der Waals surface area contributed by atoms with Gasteiger partial charge in [0.25, 0.3) is 0 Å². The van der Waals surface area contributed by atoms with Crippen LogP contribution >= 0.6 is 0 Å². The summed E-state index contributed by atoms with van der Waals surface area (Å²) in [5.74, 6) is 0.138. The maximum Gasteiger partial charge on any atom is 0.411 e. The lowest BCUT2D eigenvalue weighted by molar-refractivity contribution is -0.176. The number of primary amides is 1. The molecule has 27 heavy (non-hydrogen) atoms. The first-order valence-corrected chi connectivity index (χ1v) is 8.58. The second kappa shape index (κ2) is 10.1. The number of alkyl halides is 3. The fourth-order valence-electron chi connectivity index (χ4n) is 1.93. The minimum absolute atomic E-state index is 0.102. The maximum atomic E-state index is 12.1. The van der Waals surface area contributed by atoms with E-state index in [0.29, 0.717) is 31.2 Å². The van der Waals surface area contributed by atoms with E-state index in [1.165, 1.54) is 0 Å². The third-order valence-corrected chi connectivity index (χ3v) is 3.69. The van der Waals surface area contributed by atoms with E-state index in [2.05, 4.69) is 20.4 Å². The Hall–Kier alpha value is -2.29. The summed E-state index contributed by atoms with van der Waals surface area (Å²) in [5, 5.41) is 6.16. The minimum atomic E-state index is -4.33. The molecular formula is C18H27F3N4O2. The summed E-state index contributed by atoms with van der Waals surface area (Å²) in [5.41, 5.74) is 6.18. The Balaban J connectivity index is 2.59. The standard InChI is InChI=1S/C18H27F3N4O2/c1-4-23-16(25-11-17(2,3)15(22)26)24-9-13-5-7-14(8-6-13)10-27-12-18(19,20)21/h5-8H,4,9-12H2,1-3H3,(H2,22,26)(H2,23,24,25).